The Morgan fingerprint density at radius 3 is 2.55 bits per heavy atom. The average Bonchev–Trinajstić information content (AvgIpc) is 3.16. The maximum absolute atomic E-state index is 12.4. The number of hydrogen-bond donors (Lipinski definition) is 3. The molecule has 1 unspecified atom stereocenters. The van der Waals surface area contributed by atoms with Crippen molar-refractivity contribution < 1.29 is 14.4 Å². The van der Waals surface area contributed by atoms with E-state index in [2.05, 4.69) is 10.6 Å². The molecule has 0 aromatic heterocycles. The molecule has 1 spiro atoms. The molecule has 124 valence electrons. The molecule has 3 fully saturated rings. The average molecular weight is 331 g/mol. The van der Waals surface area contributed by atoms with Crippen LogP contribution >= 0.6 is 12.4 Å². The fourth-order valence-corrected chi connectivity index (χ4v) is 3.40. The summed E-state index contributed by atoms with van der Waals surface area (Å²) in [6.07, 6.45) is 5.36. The van der Waals surface area contributed by atoms with Crippen LogP contribution in [0.4, 0.5) is 4.79 Å². The van der Waals surface area contributed by atoms with Crippen molar-refractivity contribution in [1.82, 2.24) is 15.5 Å². The predicted octanol–water partition coefficient (Wildman–Crippen LogP) is 0.126. The quantitative estimate of drug-likeness (QED) is 0.623. The van der Waals surface area contributed by atoms with Crippen LogP contribution in [0.25, 0.3) is 0 Å². The van der Waals surface area contributed by atoms with Crippen LogP contribution < -0.4 is 16.4 Å². The minimum Gasteiger partial charge on any atom is -0.350 e. The van der Waals surface area contributed by atoms with Crippen molar-refractivity contribution in [3.8, 4) is 0 Å². The van der Waals surface area contributed by atoms with E-state index in [9.17, 15) is 14.4 Å². The number of nitrogens with zero attached hydrogens (tertiary/aromatic N) is 1. The second kappa shape index (κ2) is 6.42. The zero-order valence-electron chi connectivity index (χ0n) is 12.5. The summed E-state index contributed by atoms with van der Waals surface area (Å²) in [6.45, 7) is 0.177. The van der Waals surface area contributed by atoms with Crippen molar-refractivity contribution in [2.24, 2.45) is 11.7 Å². The largest absolute Gasteiger partial charge is 0.350 e. The van der Waals surface area contributed by atoms with Gasteiger partial charge in [0.05, 0.1) is 0 Å². The van der Waals surface area contributed by atoms with Crippen LogP contribution in [0.5, 0.6) is 0 Å². The number of carbonyl (C=O) groups is 3. The van der Waals surface area contributed by atoms with E-state index in [0.29, 0.717) is 25.3 Å². The van der Waals surface area contributed by atoms with Crippen molar-refractivity contribution in [3.63, 3.8) is 0 Å². The first-order valence-corrected chi connectivity index (χ1v) is 7.69. The van der Waals surface area contributed by atoms with Crippen LogP contribution in [-0.2, 0) is 9.59 Å². The lowest BCUT2D eigenvalue weighted by Crippen LogP contribution is -2.48. The van der Waals surface area contributed by atoms with Gasteiger partial charge in [-0.15, -0.1) is 12.4 Å². The van der Waals surface area contributed by atoms with Gasteiger partial charge < -0.3 is 16.4 Å². The zero-order valence-corrected chi connectivity index (χ0v) is 13.3. The molecule has 1 saturated heterocycles. The van der Waals surface area contributed by atoms with E-state index in [4.69, 9.17) is 5.73 Å². The maximum atomic E-state index is 12.4. The van der Waals surface area contributed by atoms with Gasteiger partial charge in [-0.3, -0.25) is 14.5 Å². The first kappa shape index (κ1) is 17.0. The SMILES string of the molecule is Cl.NCC(NC(=O)CN1C(=O)NC2(CCCC2)C1=O)C1CC1. The van der Waals surface area contributed by atoms with Gasteiger partial charge in [0.25, 0.3) is 5.91 Å². The number of halogens is 1. The molecule has 1 aliphatic heterocycles. The third kappa shape index (κ3) is 3.05. The summed E-state index contributed by atoms with van der Waals surface area (Å²) in [5.74, 6) is -0.116. The fraction of sp³-hybridized carbons (Fsp3) is 0.786. The van der Waals surface area contributed by atoms with E-state index >= 15 is 0 Å². The summed E-state index contributed by atoms with van der Waals surface area (Å²) in [7, 11) is 0. The van der Waals surface area contributed by atoms with Crippen LogP contribution in [0.3, 0.4) is 0 Å². The lowest BCUT2D eigenvalue weighted by Gasteiger charge is -2.21. The minimum atomic E-state index is -0.749. The second-order valence-electron chi connectivity index (χ2n) is 6.36. The number of urea groups is 1. The number of carbonyl (C=O) groups excluding carboxylic acids is 3. The first-order chi connectivity index (χ1) is 10.1. The topological polar surface area (TPSA) is 105 Å². The van der Waals surface area contributed by atoms with Crippen LogP contribution in [0.2, 0.25) is 0 Å². The molecule has 0 radical (unpaired) electrons. The summed E-state index contributed by atoms with van der Waals surface area (Å²) >= 11 is 0. The molecule has 22 heavy (non-hydrogen) atoms. The molecule has 3 aliphatic rings. The van der Waals surface area contributed by atoms with Gasteiger partial charge in [-0.25, -0.2) is 4.79 Å². The predicted molar refractivity (Wildman–Crippen MR) is 82.4 cm³/mol. The summed E-state index contributed by atoms with van der Waals surface area (Å²) in [5, 5.41) is 5.61. The number of imide groups is 1. The summed E-state index contributed by atoms with van der Waals surface area (Å²) in [5.41, 5.74) is 4.90. The Kier molecular flexibility index (Phi) is 4.97. The highest BCUT2D eigenvalue weighted by Gasteiger charge is 2.52. The van der Waals surface area contributed by atoms with E-state index in [1.165, 1.54) is 0 Å². The molecule has 2 saturated carbocycles. The highest BCUT2D eigenvalue weighted by Crippen LogP contribution is 2.35. The van der Waals surface area contributed by atoms with Crippen molar-refractivity contribution in [1.29, 1.82) is 0 Å². The molecule has 4 amide bonds. The summed E-state index contributed by atoms with van der Waals surface area (Å²) < 4.78 is 0. The van der Waals surface area contributed by atoms with Gasteiger partial charge >= 0.3 is 6.03 Å². The number of rotatable bonds is 5. The Balaban J connectivity index is 0.00000176. The molecule has 1 heterocycles. The van der Waals surface area contributed by atoms with Gasteiger partial charge in [0.1, 0.15) is 12.1 Å². The van der Waals surface area contributed by atoms with Crippen molar-refractivity contribution in [3.05, 3.63) is 0 Å². The molecule has 7 nitrogen and oxygen atoms in total. The smallest absolute Gasteiger partial charge is 0.325 e. The normalized spacial score (nSPS) is 24.1. The Labute approximate surface area is 135 Å². The zero-order chi connectivity index (χ0) is 15.0. The Hall–Kier alpha value is -1.34. The summed E-state index contributed by atoms with van der Waals surface area (Å²) in [6, 6.07) is -0.494. The molecule has 1 atom stereocenters. The Bertz CT molecular complexity index is 475. The van der Waals surface area contributed by atoms with E-state index < -0.39 is 11.6 Å². The van der Waals surface area contributed by atoms with Gasteiger partial charge in [0.2, 0.25) is 5.91 Å². The molecular weight excluding hydrogens is 308 g/mol. The lowest BCUT2D eigenvalue weighted by atomic mass is 9.98. The number of amides is 4. The van der Waals surface area contributed by atoms with Crippen LogP contribution in [0.1, 0.15) is 38.5 Å². The molecule has 0 bridgehead atoms. The van der Waals surface area contributed by atoms with Gasteiger partial charge in [0, 0.05) is 12.6 Å². The Morgan fingerprint density at radius 1 is 1.36 bits per heavy atom. The van der Waals surface area contributed by atoms with Gasteiger partial charge in [-0.2, -0.15) is 0 Å². The van der Waals surface area contributed by atoms with Gasteiger partial charge in [-0.05, 0) is 31.6 Å². The van der Waals surface area contributed by atoms with Crippen molar-refractivity contribution in [2.75, 3.05) is 13.1 Å². The van der Waals surface area contributed by atoms with E-state index in [0.717, 1.165) is 30.6 Å². The monoisotopic (exact) mass is 330 g/mol. The molecule has 8 heteroatoms. The highest BCUT2D eigenvalue weighted by atomic mass is 35.5. The first-order valence-electron chi connectivity index (χ1n) is 7.69. The highest BCUT2D eigenvalue weighted by molar-refractivity contribution is 6.09. The fourth-order valence-electron chi connectivity index (χ4n) is 3.40. The van der Waals surface area contributed by atoms with E-state index in [-0.39, 0.29) is 36.8 Å². The second-order valence-corrected chi connectivity index (χ2v) is 6.36. The van der Waals surface area contributed by atoms with Gasteiger partial charge in [-0.1, -0.05) is 12.8 Å². The van der Waals surface area contributed by atoms with Crippen molar-refractivity contribution >= 4 is 30.3 Å². The molecule has 4 N–H and O–H groups in total. The molecule has 2 aliphatic carbocycles. The number of hydrogen-bond acceptors (Lipinski definition) is 4. The molecule has 0 aromatic carbocycles. The van der Waals surface area contributed by atoms with Gasteiger partial charge in [0.15, 0.2) is 0 Å². The molecule has 0 aromatic rings. The van der Waals surface area contributed by atoms with Crippen LogP contribution in [-0.4, -0.2) is 47.4 Å². The van der Waals surface area contributed by atoms with Crippen LogP contribution in [0, 0.1) is 5.92 Å². The standard InChI is InChI=1S/C14H22N4O3.ClH/c15-7-10(9-3-4-9)16-11(19)8-18-12(20)14(17-13(18)21)5-1-2-6-14;/h9-10H,1-8,15H2,(H,16,19)(H,17,21);1H. The lowest BCUT2D eigenvalue weighted by molar-refractivity contribution is -0.135. The third-order valence-electron chi connectivity index (χ3n) is 4.80. The van der Waals surface area contributed by atoms with E-state index in [1.807, 2.05) is 0 Å². The molecular formula is C14H23ClN4O3. The van der Waals surface area contributed by atoms with E-state index in [1.54, 1.807) is 0 Å². The minimum absolute atomic E-state index is 0. The Morgan fingerprint density at radius 2 is 2.00 bits per heavy atom. The number of nitrogens with two attached hydrogens (primary N) is 1. The third-order valence-corrected chi connectivity index (χ3v) is 4.80. The summed E-state index contributed by atoms with van der Waals surface area (Å²) in [4.78, 5) is 37.5. The number of nitrogens with one attached hydrogen (secondary N) is 2. The van der Waals surface area contributed by atoms with Crippen molar-refractivity contribution in [2.45, 2.75) is 50.1 Å². The molecule has 3 rings (SSSR count). The maximum Gasteiger partial charge on any atom is 0.325 e. The van der Waals surface area contributed by atoms with Crippen LogP contribution in [0.15, 0.2) is 0 Å².